The van der Waals surface area contributed by atoms with Gasteiger partial charge in [0.05, 0.1) is 18.1 Å². The molecule has 1 fully saturated rings. The molecule has 2 heterocycles. The van der Waals surface area contributed by atoms with Gasteiger partial charge in [0.25, 0.3) is 0 Å². The molecule has 0 amide bonds. The Hall–Kier alpha value is -0.860. The van der Waals surface area contributed by atoms with Gasteiger partial charge in [-0.1, -0.05) is 25.2 Å². The molecule has 21 heavy (non-hydrogen) atoms. The van der Waals surface area contributed by atoms with E-state index in [1.807, 2.05) is 18.7 Å². The average Bonchev–Trinajstić information content (AvgIpc) is 2.83. The average molecular weight is 323 g/mol. The molecule has 8 heteroatoms. The van der Waals surface area contributed by atoms with E-state index in [4.69, 9.17) is 4.74 Å². The number of ether oxygens (including phenoxy) is 1. The summed E-state index contributed by atoms with van der Waals surface area (Å²) in [5, 5.41) is 3.49. The van der Waals surface area contributed by atoms with Crippen molar-refractivity contribution in [2.45, 2.75) is 26.6 Å². The number of anilines is 1. The highest BCUT2D eigenvalue weighted by molar-refractivity contribution is 7.15. The number of aromatic nitrogens is 1. The van der Waals surface area contributed by atoms with Crippen molar-refractivity contribution in [3.63, 3.8) is 0 Å². The number of morpholine rings is 1. The van der Waals surface area contributed by atoms with Crippen molar-refractivity contribution < 1.29 is 17.9 Å². The standard InChI is InChI=1S/C13H20F3N3OS/c1-9(2)7-17-8-10-11(13(14,15)16)18-12(21-10)19-3-5-20-6-4-19/h9,17H,3-8H2,1-2H3. The molecule has 0 bridgehead atoms. The zero-order valence-corrected chi connectivity index (χ0v) is 13.0. The summed E-state index contributed by atoms with van der Waals surface area (Å²) in [7, 11) is 0. The summed E-state index contributed by atoms with van der Waals surface area (Å²) in [6.45, 7) is 7.15. The Morgan fingerprint density at radius 1 is 1.33 bits per heavy atom. The lowest BCUT2D eigenvalue weighted by atomic mass is 10.2. The molecular weight excluding hydrogens is 303 g/mol. The van der Waals surface area contributed by atoms with E-state index in [9.17, 15) is 13.2 Å². The van der Waals surface area contributed by atoms with E-state index in [-0.39, 0.29) is 11.4 Å². The number of hydrogen-bond acceptors (Lipinski definition) is 5. The lowest BCUT2D eigenvalue weighted by molar-refractivity contribution is -0.141. The van der Waals surface area contributed by atoms with Crippen LogP contribution in [0.3, 0.4) is 0 Å². The minimum Gasteiger partial charge on any atom is -0.378 e. The van der Waals surface area contributed by atoms with Crippen LogP contribution >= 0.6 is 11.3 Å². The van der Waals surface area contributed by atoms with E-state index in [2.05, 4.69) is 10.3 Å². The highest BCUT2D eigenvalue weighted by Crippen LogP contribution is 2.37. The first kappa shape index (κ1) is 16.5. The maximum atomic E-state index is 13.1. The second-order valence-electron chi connectivity index (χ2n) is 5.39. The van der Waals surface area contributed by atoms with Crippen molar-refractivity contribution in [3.8, 4) is 0 Å². The molecule has 0 aliphatic carbocycles. The minimum absolute atomic E-state index is 0.203. The maximum absolute atomic E-state index is 13.1. The zero-order chi connectivity index (χ0) is 15.5. The normalized spacial score (nSPS) is 16.8. The topological polar surface area (TPSA) is 37.4 Å². The van der Waals surface area contributed by atoms with E-state index < -0.39 is 11.9 Å². The van der Waals surface area contributed by atoms with Crippen molar-refractivity contribution in [3.05, 3.63) is 10.6 Å². The van der Waals surface area contributed by atoms with E-state index in [0.717, 1.165) is 11.3 Å². The highest BCUT2D eigenvalue weighted by Gasteiger charge is 2.38. The maximum Gasteiger partial charge on any atom is 0.434 e. The fraction of sp³-hybridized carbons (Fsp3) is 0.769. The van der Waals surface area contributed by atoms with Gasteiger partial charge in [-0.15, -0.1) is 0 Å². The first-order valence-electron chi connectivity index (χ1n) is 6.98. The predicted molar refractivity (Wildman–Crippen MR) is 76.7 cm³/mol. The van der Waals surface area contributed by atoms with Crippen LogP contribution in [0.25, 0.3) is 0 Å². The molecule has 1 aliphatic rings. The Morgan fingerprint density at radius 3 is 2.57 bits per heavy atom. The molecule has 0 saturated carbocycles. The largest absolute Gasteiger partial charge is 0.434 e. The van der Waals surface area contributed by atoms with Gasteiger partial charge in [-0.25, -0.2) is 4.98 Å². The molecule has 2 rings (SSSR count). The summed E-state index contributed by atoms with van der Waals surface area (Å²) in [5.41, 5.74) is -0.759. The van der Waals surface area contributed by atoms with E-state index in [1.165, 1.54) is 0 Å². The van der Waals surface area contributed by atoms with Crippen LogP contribution in [0.2, 0.25) is 0 Å². The number of rotatable bonds is 5. The number of nitrogens with one attached hydrogen (secondary N) is 1. The SMILES string of the molecule is CC(C)CNCc1sc(N2CCOCC2)nc1C(F)(F)F. The van der Waals surface area contributed by atoms with Crippen molar-refractivity contribution in [1.29, 1.82) is 0 Å². The first-order valence-corrected chi connectivity index (χ1v) is 7.80. The Labute approximate surface area is 126 Å². The van der Waals surface area contributed by atoms with Crippen LogP contribution in [0.15, 0.2) is 0 Å². The van der Waals surface area contributed by atoms with Crippen molar-refractivity contribution in [2.24, 2.45) is 5.92 Å². The molecule has 0 spiro atoms. The molecule has 120 valence electrons. The lowest BCUT2D eigenvalue weighted by Crippen LogP contribution is -2.36. The van der Waals surface area contributed by atoms with Crippen LogP contribution in [0, 0.1) is 5.92 Å². The highest BCUT2D eigenvalue weighted by atomic mass is 32.1. The summed E-state index contributed by atoms with van der Waals surface area (Å²) in [6.07, 6.45) is -4.41. The second-order valence-corrected chi connectivity index (χ2v) is 6.45. The van der Waals surface area contributed by atoms with Crippen molar-refractivity contribution in [1.82, 2.24) is 10.3 Å². The quantitative estimate of drug-likeness (QED) is 0.904. The third kappa shape index (κ3) is 4.55. The van der Waals surface area contributed by atoms with E-state index >= 15 is 0 Å². The molecule has 0 atom stereocenters. The first-order chi connectivity index (χ1) is 9.88. The molecule has 1 N–H and O–H groups in total. The molecular formula is C13H20F3N3OS. The number of halogens is 3. The molecule has 0 radical (unpaired) electrons. The van der Waals surface area contributed by atoms with Gasteiger partial charge in [0.15, 0.2) is 10.8 Å². The second kappa shape index (κ2) is 6.93. The number of thiazole rings is 1. The Balaban J connectivity index is 2.14. The fourth-order valence-electron chi connectivity index (χ4n) is 2.04. The number of hydrogen-bond donors (Lipinski definition) is 1. The van der Waals surface area contributed by atoms with Crippen molar-refractivity contribution >= 4 is 16.5 Å². The number of alkyl halides is 3. The molecule has 1 aromatic rings. The van der Waals surface area contributed by atoms with Gasteiger partial charge in [0.1, 0.15) is 0 Å². The Kier molecular flexibility index (Phi) is 5.45. The van der Waals surface area contributed by atoms with E-state index in [0.29, 0.717) is 43.9 Å². The third-order valence-corrected chi connectivity index (χ3v) is 4.19. The minimum atomic E-state index is -4.41. The summed E-state index contributed by atoms with van der Waals surface area (Å²) in [5.74, 6) is 0.394. The molecule has 4 nitrogen and oxygen atoms in total. The van der Waals surface area contributed by atoms with Crippen LogP contribution in [0.5, 0.6) is 0 Å². The van der Waals surface area contributed by atoms with Gasteiger partial charge >= 0.3 is 6.18 Å². The molecule has 0 aromatic carbocycles. The Bertz CT molecular complexity index is 456. The summed E-state index contributed by atoms with van der Waals surface area (Å²) < 4.78 is 44.5. The molecule has 1 aliphatic heterocycles. The van der Waals surface area contributed by atoms with Gasteiger partial charge in [-0.05, 0) is 12.5 Å². The molecule has 1 saturated heterocycles. The number of nitrogens with zero attached hydrogens (tertiary/aromatic N) is 2. The van der Waals surface area contributed by atoms with Crippen LogP contribution in [0.1, 0.15) is 24.4 Å². The van der Waals surface area contributed by atoms with Gasteiger partial charge < -0.3 is 15.0 Å². The zero-order valence-electron chi connectivity index (χ0n) is 12.2. The molecule has 1 aromatic heterocycles. The van der Waals surface area contributed by atoms with Gasteiger partial charge in [0.2, 0.25) is 0 Å². The molecule has 0 unspecified atom stereocenters. The third-order valence-electron chi connectivity index (χ3n) is 3.07. The van der Waals surface area contributed by atoms with Gasteiger partial charge in [0, 0.05) is 19.6 Å². The lowest BCUT2D eigenvalue weighted by Gasteiger charge is -2.26. The van der Waals surface area contributed by atoms with Crippen molar-refractivity contribution in [2.75, 3.05) is 37.7 Å². The summed E-state index contributed by atoms with van der Waals surface area (Å²) in [4.78, 5) is 5.94. The summed E-state index contributed by atoms with van der Waals surface area (Å²) in [6, 6.07) is 0. The van der Waals surface area contributed by atoms with Gasteiger partial charge in [-0.3, -0.25) is 0 Å². The summed E-state index contributed by atoms with van der Waals surface area (Å²) >= 11 is 1.12. The van der Waals surface area contributed by atoms with E-state index in [1.54, 1.807) is 0 Å². The predicted octanol–water partition coefficient (Wildman–Crippen LogP) is 2.74. The van der Waals surface area contributed by atoms with Crippen LogP contribution in [-0.4, -0.2) is 37.8 Å². The van der Waals surface area contributed by atoms with Gasteiger partial charge in [-0.2, -0.15) is 13.2 Å². The fourth-order valence-corrected chi connectivity index (χ4v) is 3.15. The van der Waals surface area contributed by atoms with Crippen LogP contribution < -0.4 is 10.2 Å². The monoisotopic (exact) mass is 323 g/mol. The van der Waals surface area contributed by atoms with Crippen LogP contribution in [-0.2, 0) is 17.5 Å². The van der Waals surface area contributed by atoms with Crippen LogP contribution in [0.4, 0.5) is 18.3 Å². The smallest absolute Gasteiger partial charge is 0.378 e. The Morgan fingerprint density at radius 2 is 2.00 bits per heavy atom.